The van der Waals surface area contributed by atoms with Crippen molar-refractivity contribution in [1.82, 2.24) is 5.32 Å². The molecule has 1 aromatic carbocycles. The fourth-order valence-corrected chi connectivity index (χ4v) is 1.90. The second-order valence-corrected chi connectivity index (χ2v) is 5.00. The molecule has 0 unspecified atom stereocenters. The van der Waals surface area contributed by atoms with Gasteiger partial charge in [-0.15, -0.1) is 0 Å². The molecule has 9 heteroatoms. The number of aliphatic hydroxyl groups is 1. The molecule has 4 N–H and O–H groups in total. The molecular formula is C16H15N3O6. The van der Waals surface area contributed by atoms with Crippen LogP contribution in [0.1, 0.15) is 21.7 Å². The number of amides is 2. The minimum atomic E-state index is -1.15. The summed E-state index contributed by atoms with van der Waals surface area (Å²) >= 11 is 0. The van der Waals surface area contributed by atoms with E-state index < -0.39 is 29.4 Å². The van der Waals surface area contributed by atoms with Crippen LogP contribution in [0.5, 0.6) is 0 Å². The van der Waals surface area contributed by atoms with Crippen molar-refractivity contribution < 1.29 is 24.0 Å². The summed E-state index contributed by atoms with van der Waals surface area (Å²) in [5.41, 5.74) is 6.05. The average molecular weight is 345 g/mol. The van der Waals surface area contributed by atoms with Crippen molar-refractivity contribution in [3.05, 3.63) is 63.4 Å². The maximum Gasteiger partial charge on any atom is 0.433 e. The number of nitro groups is 1. The molecule has 1 heterocycles. The Morgan fingerprint density at radius 1 is 1.24 bits per heavy atom. The van der Waals surface area contributed by atoms with Crippen molar-refractivity contribution in [1.29, 1.82) is 0 Å². The molecule has 0 radical (unpaired) electrons. The van der Waals surface area contributed by atoms with Crippen LogP contribution in [-0.4, -0.2) is 34.5 Å². The van der Waals surface area contributed by atoms with Crippen LogP contribution in [0.25, 0.3) is 12.2 Å². The van der Waals surface area contributed by atoms with Crippen LogP contribution < -0.4 is 11.1 Å². The number of nitrogens with one attached hydrogen (secondary N) is 1. The third-order valence-corrected chi connectivity index (χ3v) is 3.24. The van der Waals surface area contributed by atoms with Gasteiger partial charge in [-0.25, -0.2) is 0 Å². The smallest absolute Gasteiger partial charge is 0.401 e. The van der Waals surface area contributed by atoms with Crippen molar-refractivity contribution >= 4 is 29.9 Å². The Hall–Kier alpha value is -3.46. The number of carbonyl (C=O) groups excluding carboxylic acids is 2. The maximum absolute atomic E-state index is 11.9. The highest BCUT2D eigenvalue weighted by Gasteiger charge is 2.17. The molecule has 0 aliphatic carbocycles. The highest BCUT2D eigenvalue weighted by atomic mass is 16.6. The van der Waals surface area contributed by atoms with E-state index in [2.05, 4.69) is 5.32 Å². The predicted molar refractivity (Wildman–Crippen MR) is 88.3 cm³/mol. The third-order valence-electron chi connectivity index (χ3n) is 3.24. The summed E-state index contributed by atoms with van der Waals surface area (Å²) in [6.07, 6.45) is 3.21. The van der Waals surface area contributed by atoms with Crippen LogP contribution in [0.2, 0.25) is 0 Å². The van der Waals surface area contributed by atoms with Crippen LogP contribution in [0.3, 0.4) is 0 Å². The summed E-state index contributed by atoms with van der Waals surface area (Å²) in [5, 5.41) is 21.8. The largest absolute Gasteiger partial charge is 0.433 e. The number of nitrogens with two attached hydrogens (primary N) is 1. The van der Waals surface area contributed by atoms with Gasteiger partial charge in [-0.2, -0.15) is 0 Å². The lowest BCUT2D eigenvalue weighted by Gasteiger charge is -2.12. The van der Waals surface area contributed by atoms with Crippen molar-refractivity contribution in [3.8, 4) is 0 Å². The molecule has 0 fully saturated rings. The fourth-order valence-electron chi connectivity index (χ4n) is 1.90. The van der Waals surface area contributed by atoms with Crippen molar-refractivity contribution in [2.45, 2.75) is 6.04 Å². The first-order chi connectivity index (χ1) is 11.9. The topological polar surface area (TPSA) is 149 Å². The fraction of sp³-hybridized carbons (Fsp3) is 0.125. The average Bonchev–Trinajstić information content (AvgIpc) is 3.07. The zero-order chi connectivity index (χ0) is 18.4. The summed E-state index contributed by atoms with van der Waals surface area (Å²) in [6.45, 7) is -0.586. The Labute approximate surface area is 141 Å². The van der Waals surface area contributed by atoms with E-state index in [9.17, 15) is 19.7 Å². The normalized spacial score (nSPS) is 12.0. The predicted octanol–water partition coefficient (Wildman–Crippen LogP) is 0.934. The molecule has 0 saturated heterocycles. The molecule has 0 saturated carbocycles. The summed E-state index contributed by atoms with van der Waals surface area (Å²) < 4.78 is 4.99. The molecule has 0 aliphatic heterocycles. The van der Waals surface area contributed by atoms with Gasteiger partial charge >= 0.3 is 5.88 Å². The maximum atomic E-state index is 11.9. The number of furan rings is 1. The van der Waals surface area contributed by atoms with Crippen LogP contribution in [0, 0.1) is 10.1 Å². The minimum Gasteiger partial charge on any atom is -0.401 e. The van der Waals surface area contributed by atoms with Gasteiger partial charge in [-0.1, -0.05) is 18.2 Å². The van der Waals surface area contributed by atoms with E-state index in [4.69, 9.17) is 15.3 Å². The number of hydrogen-bond donors (Lipinski definition) is 3. The van der Waals surface area contributed by atoms with Gasteiger partial charge < -0.3 is 20.6 Å². The summed E-state index contributed by atoms with van der Waals surface area (Å²) in [5.74, 6) is -1.40. The van der Waals surface area contributed by atoms with Gasteiger partial charge in [-0.3, -0.25) is 19.7 Å². The Morgan fingerprint density at radius 2 is 1.92 bits per heavy atom. The summed E-state index contributed by atoms with van der Waals surface area (Å²) in [4.78, 5) is 32.9. The number of primary amides is 1. The van der Waals surface area contributed by atoms with Gasteiger partial charge in [0.25, 0.3) is 5.91 Å². The number of rotatable bonds is 7. The molecule has 1 atom stereocenters. The summed E-state index contributed by atoms with van der Waals surface area (Å²) in [6, 6.07) is 7.90. The Morgan fingerprint density at radius 3 is 2.44 bits per heavy atom. The second kappa shape index (κ2) is 7.88. The second-order valence-electron chi connectivity index (χ2n) is 5.00. The van der Waals surface area contributed by atoms with E-state index in [0.717, 1.165) is 5.56 Å². The highest BCUT2D eigenvalue weighted by Crippen LogP contribution is 2.18. The first kappa shape index (κ1) is 17.9. The molecule has 0 aliphatic rings. The first-order valence-electron chi connectivity index (χ1n) is 7.14. The number of hydrogen-bond acceptors (Lipinski definition) is 6. The number of nitrogens with zero attached hydrogens (tertiary/aromatic N) is 1. The molecule has 2 rings (SSSR count). The molecule has 9 nitrogen and oxygen atoms in total. The van der Waals surface area contributed by atoms with Gasteiger partial charge in [0.15, 0.2) is 0 Å². The molecule has 2 aromatic rings. The lowest BCUT2D eigenvalue weighted by molar-refractivity contribution is -0.402. The van der Waals surface area contributed by atoms with E-state index in [1.807, 2.05) is 0 Å². The summed E-state index contributed by atoms with van der Waals surface area (Å²) in [7, 11) is 0. The van der Waals surface area contributed by atoms with E-state index in [1.165, 1.54) is 24.3 Å². The van der Waals surface area contributed by atoms with Crippen molar-refractivity contribution in [2.24, 2.45) is 5.73 Å². The van der Waals surface area contributed by atoms with Gasteiger partial charge in [0.2, 0.25) is 5.91 Å². The van der Waals surface area contributed by atoms with Gasteiger partial charge in [0, 0.05) is 5.56 Å². The zero-order valence-corrected chi connectivity index (χ0v) is 12.9. The van der Waals surface area contributed by atoms with E-state index in [-0.39, 0.29) is 11.4 Å². The molecular weight excluding hydrogens is 330 g/mol. The molecule has 1 aromatic heterocycles. The van der Waals surface area contributed by atoms with Gasteiger partial charge in [0.1, 0.15) is 16.7 Å². The van der Waals surface area contributed by atoms with E-state index >= 15 is 0 Å². The monoisotopic (exact) mass is 345 g/mol. The molecule has 2 amide bonds. The van der Waals surface area contributed by atoms with E-state index in [0.29, 0.717) is 5.76 Å². The SMILES string of the molecule is NC(=O)[C@H](CO)NC(=O)c1ccc(C=Cc2ccc([N+](=O)[O-])o2)cc1. The van der Waals surface area contributed by atoms with Crippen LogP contribution in [0.4, 0.5) is 5.88 Å². The number of benzene rings is 1. The quantitative estimate of drug-likeness (QED) is 0.502. The molecule has 25 heavy (non-hydrogen) atoms. The lowest BCUT2D eigenvalue weighted by atomic mass is 10.1. The molecule has 0 bridgehead atoms. The van der Waals surface area contributed by atoms with Gasteiger partial charge in [0.05, 0.1) is 12.7 Å². The lowest BCUT2D eigenvalue weighted by Crippen LogP contribution is -2.46. The van der Waals surface area contributed by atoms with Gasteiger partial charge in [-0.05, 0) is 29.8 Å². The van der Waals surface area contributed by atoms with Crippen LogP contribution >= 0.6 is 0 Å². The standard InChI is InChI=1S/C16H15N3O6/c17-15(21)13(9-20)18-16(22)11-4-1-10(2-5-11)3-6-12-7-8-14(25-12)19(23)24/h1-8,13,20H,9H2,(H2,17,21)(H,18,22)/t13-/m0/s1. The Kier molecular flexibility index (Phi) is 5.64. The Bertz CT molecular complexity index is 810. The first-order valence-corrected chi connectivity index (χ1v) is 7.14. The highest BCUT2D eigenvalue weighted by molar-refractivity contribution is 5.97. The van der Waals surface area contributed by atoms with Crippen molar-refractivity contribution in [2.75, 3.05) is 6.61 Å². The van der Waals surface area contributed by atoms with Crippen LogP contribution in [-0.2, 0) is 4.79 Å². The van der Waals surface area contributed by atoms with Crippen LogP contribution in [0.15, 0.2) is 40.8 Å². The third kappa shape index (κ3) is 4.75. The number of carbonyl (C=O) groups is 2. The minimum absolute atomic E-state index is 0.283. The van der Waals surface area contributed by atoms with E-state index in [1.54, 1.807) is 24.3 Å². The molecule has 0 spiro atoms. The molecule has 130 valence electrons. The number of aliphatic hydroxyl groups excluding tert-OH is 1. The Balaban J connectivity index is 2.03. The van der Waals surface area contributed by atoms with Crippen molar-refractivity contribution in [3.63, 3.8) is 0 Å². The zero-order valence-electron chi connectivity index (χ0n) is 12.9.